The lowest BCUT2D eigenvalue weighted by atomic mass is 9.32. The van der Waals surface area contributed by atoms with Crippen molar-refractivity contribution in [1.29, 1.82) is 0 Å². The molecular weight excluding hydrogens is 1350 g/mol. The van der Waals surface area contributed by atoms with Gasteiger partial charge < -0.3 is 18.3 Å². The molecule has 4 nitrogen and oxygen atoms in total. The van der Waals surface area contributed by atoms with Gasteiger partial charge in [-0.3, -0.25) is 0 Å². The van der Waals surface area contributed by atoms with E-state index in [-0.39, 0.29) is 0 Å². The Labute approximate surface area is 651 Å². The average Bonchev–Trinajstić information content (AvgIpc) is 1.46. The van der Waals surface area contributed by atoms with Crippen LogP contribution in [0.4, 0.5) is 0 Å². The van der Waals surface area contributed by atoms with E-state index in [9.17, 15) is 0 Å². The Morgan fingerprint density at radius 2 is 0.518 bits per heavy atom. The van der Waals surface area contributed by atoms with E-state index in [1.54, 1.807) is 0 Å². The Kier molecular flexibility index (Phi) is 13.1. The molecule has 16 aromatic carbocycles. The van der Waals surface area contributed by atoms with E-state index in [0.29, 0.717) is 26.9 Å². The molecule has 8 aliphatic rings. The molecule has 0 amide bonds. The Balaban J connectivity index is 0.0000000847. The Hall–Kier alpha value is -13.0. The molecular formula is C104H72B4N4. The van der Waals surface area contributed by atoms with Gasteiger partial charge in [-0.15, -0.1) is 0 Å². The summed E-state index contributed by atoms with van der Waals surface area (Å²) in [7, 11) is 0. The summed E-state index contributed by atoms with van der Waals surface area (Å²) in [4.78, 5) is 0. The quantitative estimate of drug-likeness (QED) is 0.135. The van der Waals surface area contributed by atoms with Gasteiger partial charge in [0, 0.05) is 87.9 Å². The minimum atomic E-state index is 0.330. The van der Waals surface area contributed by atoms with Crippen LogP contribution in [0.1, 0.15) is 66.8 Å². The molecule has 0 saturated carbocycles. The van der Waals surface area contributed by atoms with Crippen LogP contribution >= 0.6 is 0 Å². The molecule has 0 saturated heterocycles. The summed E-state index contributed by atoms with van der Waals surface area (Å²) in [5.41, 5.74) is 51.1. The van der Waals surface area contributed by atoms with E-state index in [1.165, 1.54) is 242 Å². The van der Waals surface area contributed by atoms with Crippen molar-refractivity contribution in [2.45, 2.75) is 53.4 Å². The van der Waals surface area contributed by atoms with Gasteiger partial charge in [0.2, 0.25) is 26.9 Å². The van der Waals surface area contributed by atoms with Crippen LogP contribution in [0.3, 0.4) is 0 Å². The molecule has 0 bridgehead atoms. The monoisotopic (exact) mass is 1420 g/mol. The van der Waals surface area contributed by atoms with Crippen LogP contribution in [-0.2, 0) is 25.7 Å². The smallest absolute Gasteiger partial charge is 0.247 e. The van der Waals surface area contributed by atoms with Crippen LogP contribution in [0.15, 0.2) is 315 Å². The number of aromatic nitrogens is 4. The molecule has 4 aromatic heterocycles. The van der Waals surface area contributed by atoms with E-state index in [1.807, 2.05) is 0 Å². The molecule has 0 atom stereocenters. The van der Waals surface area contributed by atoms with E-state index >= 15 is 0 Å². The number of fused-ring (bicyclic) bond motifs is 32. The largest absolute Gasteiger partial charge is 0.310 e. The zero-order valence-electron chi connectivity index (χ0n) is 62.9. The number of nitrogens with zero attached hydrogens (tertiary/aromatic N) is 4. The SMILES string of the molecule is Cc1ccc2c(c1)-n1c3ccccc3c3ccc4c(c31)B2c1ccccc1C4.Cc1ccc2c(c1)c1ccc3c4c1n2-c1ccccc1B4c1ccccc1C3.Cc1ccc2c3ccc4c5c3n(c2c1)-c1ccccc1B5c1ccccc1C4.Cc1cccc2c3ccc4c5c3n(c12)-c1ccccc1B5c1ccccc1C4. The maximum absolute atomic E-state index is 2.54. The molecule has 28 rings (SSSR count). The maximum Gasteiger partial charge on any atom is 0.247 e. The van der Waals surface area contributed by atoms with Crippen molar-refractivity contribution in [3.63, 3.8) is 0 Å². The number of para-hydroxylation sites is 5. The van der Waals surface area contributed by atoms with E-state index in [0.717, 1.165) is 25.7 Å². The highest BCUT2D eigenvalue weighted by atomic mass is 15.0. The molecule has 0 fully saturated rings. The molecule has 112 heavy (non-hydrogen) atoms. The highest BCUT2D eigenvalue weighted by Gasteiger charge is 2.44. The number of rotatable bonds is 0. The van der Waals surface area contributed by atoms with Gasteiger partial charge in [-0.2, -0.15) is 0 Å². The van der Waals surface area contributed by atoms with Crippen LogP contribution in [0, 0.1) is 27.7 Å². The number of aryl methyl sites for hydroxylation is 4. The van der Waals surface area contributed by atoms with Gasteiger partial charge in [0.05, 0.1) is 22.1 Å². The summed E-state index contributed by atoms with van der Waals surface area (Å²) in [6.45, 7) is 10.1. The molecule has 0 radical (unpaired) electrons. The predicted octanol–water partition coefficient (Wildman–Crippen LogP) is 15.3. The van der Waals surface area contributed by atoms with Crippen LogP contribution in [-0.4, -0.2) is 45.1 Å². The molecule has 0 aliphatic carbocycles. The van der Waals surface area contributed by atoms with Crippen molar-refractivity contribution in [2.75, 3.05) is 0 Å². The van der Waals surface area contributed by atoms with Crippen LogP contribution in [0.25, 0.3) is 110 Å². The third-order valence-corrected chi connectivity index (χ3v) is 27.0. The third-order valence-electron chi connectivity index (χ3n) is 27.0. The normalized spacial score (nSPS) is 13.7. The standard InChI is InChI=1S/4C26H18BN/c1-16-10-13-22-24(14-16)28-23-9-5-3-7-19(23)20-12-11-18-15-17-6-2-4-8-21(17)27(22)25(18)26(20)28;1-16-7-6-9-19-20-14-13-18-15-17-8-2-3-10-21(17)27-22-11-4-5-12-23(22)28(25(16)19)26(20)24(18)27;1-16-10-13-23-20(14-16)19-12-11-18-15-17-6-2-3-7-21(17)27-22-8-4-5-9-24(22)28(23)26(19)25(18)27;1-16-10-12-19-20-13-11-18-15-17-6-2-3-7-21(17)27-22-8-4-5-9-23(22)28(24(19)14-16)26(20)25(18)27/h4*2-14H,15H2,1H3. The number of hydrogen-bond acceptors (Lipinski definition) is 0. The molecule has 8 heteroatoms. The predicted molar refractivity (Wildman–Crippen MR) is 478 cm³/mol. The molecule has 520 valence electrons. The first-order valence-corrected chi connectivity index (χ1v) is 40.2. The topological polar surface area (TPSA) is 19.7 Å². The zero-order chi connectivity index (χ0) is 73.6. The molecule has 20 aromatic rings. The Morgan fingerprint density at radius 1 is 0.196 bits per heavy atom. The summed E-state index contributed by atoms with van der Waals surface area (Å²) >= 11 is 0. The second-order valence-corrected chi connectivity index (χ2v) is 33.0. The molecule has 12 heterocycles. The summed E-state index contributed by atoms with van der Waals surface area (Å²) < 4.78 is 10.1. The van der Waals surface area contributed by atoms with Crippen molar-refractivity contribution in [3.05, 3.63) is 382 Å². The highest BCUT2D eigenvalue weighted by molar-refractivity contribution is 7.01. The number of hydrogen-bond donors (Lipinski definition) is 0. The summed E-state index contributed by atoms with van der Waals surface area (Å²) in [6.07, 6.45) is 4.11. The van der Waals surface area contributed by atoms with Gasteiger partial charge in [-0.1, -0.05) is 294 Å². The minimum Gasteiger partial charge on any atom is -0.310 e. The van der Waals surface area contributed by atoms with Gasteiger partial charge in [-0.05, 0) is 207 Å². The fourth-order valence-electron chi connectivity index (χ4n) is 22.5. The summed E-state index contributed by atoms with van der Waals surface area (Å²) in [5, 5.41) is 11.0. The Bertz CT molecular complexity index is 7550. The fraction of sp³-hybridized carbons (Fsp3) is 0.0769. The molecule has 0 spiro atoms. The fourth-order valence-corrected chi connectivity index (χ4v) is 22.5. The van der Waals surface area contributed by atoms with Gasteiger partial charge in [0.15, 0.2) is 0 Å². The molecule has 0 N–H and O–H groups in total. The van der Waals surface area contributed by atoms with Gasteiger partial charge in [-0.25, -0.2) is 0 Å². The first-order valence-electron chi connectivity index (χ1n) is 40.2. The summed E-state index contributed by atoms with van der Waals surface area (Å²) in [6, 6.07) is 118. The lowest BCUT2D eigenvalue weighted by molar-refractivity contribution is 1.15. The number of benzene rings is 16. The lowest BCUT2D eigenvalue weighted by Gasteiger charge is -2.33. The van der Waals surface area contributed by atoms with Gasteiger partial charge in [0.1, 0.15) is 0 Å². The van der Waals surface area contributed by atoms with Crippen molar-refractivity contribution >= 4 is 180 Å². The van der Waals surface area contributed by atoms with Crippen LogP contribution < -0.4 is 65.6 Å². The van der Waals surface area contributed by atoms with Gasteiger partial charge >= 0.3 is 0 Å². The first-order chi connectivity index (χ1) is 55.3. The van der Waals surface area contributed by atoms with Crippen molar-refractivity contribution in [2.24, 2.45) is 0 Å². The average molecular weight is 1420 g/mol. The van der Waals surface area contributed by atoms with Crippen LogP contribution in [0.2, 0.25) is 0 Å². The first kappa shape index (κ1) is 62.8. The molecule has 0 unspecified atom stereocenters. The zero-order valence-corrected chi connectivity index (χ0v) is 62.9. The molecule has 8 aliphatic heterocycles. The van der Waals surface area contributed by atoms with E-state index in [2.05, 4.69) is 361 Å². The summed E-state index contributed by atoms with van der Waals surface area (Å²) in [5.74, 6) is 0. The second-order valence-electron chi connectivity index (χ2n) is 33.0. The van der Waals surface area contributed by atoms with Crippen molar-refractivity contribution in [3.8, 4) is 22.7 Å². The van der Waals surface area contributed by atoms with Crippen LogP contribution in [0.5, 0.6) is 0 Å². The van der Waals surface area contributed by atoms with Crippen molar-refractivity contribution in [1.82, 2.24) is 18.3 Å². The lowest BCUT2D eigenvalue weighted by Crippen LogP contribution is -2.60. The van der Waals surface area contributed by atoms with E-state index in [4.69, 9.17) is 0 Å². The Morgan fingerprint density at radius 3 is 1.03 bits per heavy atom. The maximum atomic E-state index is 2.54. The highest BCUT2D eigenvalue weighted by Crippen LogP contribution is 2.42. The van der Waals surface area contributed by atoms with E-state index < -0.39 is 0 Å². The third kappa shape index (κ3) is 8.51. The van der Waals surface area contributed by atoms with Crippen molar-refractivity contribution < 1.29 is 0 Å². The second kappa shape index (κ2) is 23.3. The van der Waals surface area contributed by atoms with Gasteiger partial charge in [0.25, 0.3) is 0 Å². The minimum absolute atomic E-state index is 0.330.